The summed E-state index contributed by atoms with van der Waals surface area (Å²) in [6.07, 6.45) is 3.32. The fraction of sp³-hybridized carbons (Fsp3) is 0.235. The minimum Gasteiger partial charge on any atom is -0.404 e. The van der Waals surface area contributed by atoms with Crippen molar-refractivity contribution in [2.24, 2.45) is 11.5 Å². The van der Waals surface area contributed by atoms with Crippen molar-refractivity contribution in [1.29, 1.82) is 5.41 Å². The Bertz CT molecular complexity index is 1010. The summed E-state index contributed by atoms with van der Waals surface area (Å²) in [5.41, 5.74) is 14.7. The van der Waals surface area contributed by atoms with Gasteiger partial charge in [-0.1, -0.05) is 6.07 Å². The van der Waals surface area contributed by atoms with Gasteiger partial charge in [-0.3, -0.25) is 9.89 Å². The number of hydrogen-bond donors (Lipinski definition) is 4. The highest BCUT2D eigenvalue weighted by molar-refractivity contribution is 6.11. The summed E-state index contributed by atoms with van der Waals surface area (Å²) < 4.78 is 1.74. The van der Waals surface area contributed by atoms with Gasteiger partial charge >= 0.3 is 0 Å². The summed E-state index contributed by atoms with van der Waals surface area (Å²) in [6, 6.07) is 5.65. The number of nitrogens with zero attached hydrogens (tertiary/aromatic N) is 2. The Morgan fingerprint density at radius 3 is 2.92 bits per heavy atom. The molecular formula is C17H20N6O. The molecule has 0 bridgehead atoms. The normalized spacial score (nSPS) is 12.2. The van der Waals surface area contributed by atoms with E-state index in [1.54, 1.807) is 4.57 Å². The molecule has 0 fully saturated rings. The summed E-state index contributed by atoms with van der Waals surface area (Å²) in [5, 5.41) is 16.1. The van der Waals surface area contributed by atoms with Gasteiger partial charge in [-0.05, 0) is 37.6 Å². The molecule has 7 nitrogen and oxygen atoms in total. The van der Waals surface area contributed by atoms with Gasteiger partial charge in [-0.2, -0.15) is 5.10 Å². The SMILES string of the molecule is Cc1[nH]nc2c1c(=O)n(CCCN)c1ccc(/C(C=N)=C/N)cc21. The van der Waals surface area contributed by atoms with Crippen molar-refractivity contribution in [2.45, 2.75) is 19.9 Å². The van der Waals surface area contributed by atoms with Crippen LogP contribution in [0.4, 0.5) is 0 Å². The van der Waals surface area contributed by atoms with Crippen LogP contribution in [0, 0.1) is 12.3 Å². The first-order valence-electron chi connectivity index (χ1n) is 7.76. The number of hydrogen-bond acceptors (Lipinski definition) is 5. The summed E-state index contributed by atoms with van der Waals surface area (Å²) >= 11 is 0. The lowest BCUT2D eigenvalue weighted by Crippen LogP contribution is -2.22. The average Bonchev–Trinajstić information content (AvgIpc) is 2.98. The van der Waals surface area contributed by atoms with E-state index in [9.17, 15) is 4.79 Å². The summed E-state index contributed by atoms with van der Waals surface area (Å²) in [7, 11) is 0. The predicted octanol–water partition coefficient (Wildman–Crippen LogP) is 1.48. The highest BCUT2D eigenvalue weighted by Gasteiger charge is 2.16. The molecule has 3 rings (SSSR count). The van der Waals surface area contributed by atoms with Gasteiger partial charge in [0.2, 0.25) is 0 Å². The van der Waals surface area contributed by atoms with Gasteiger partial charge in [0.05, 0.1) is 10.9 Å². The van der Waals surface area contributed by atoms with Crippen LogP contribution >= 0.6 is 0 Å². The number of fused-ring (bicyclic) bond motifs is 3. The monoisotopic (exact) mass is 324 g/mol. The molecule has 2 aromatic heterocycles. The first-order chi connectivity index (χ1) is 11.6. The van der Waals surface area contributed by atoms with Gasteiger partial charge in [0.15, 0.2) is 0 Å². The minimum atomic E-state index is -0.0633. The van der Waals surface area contributed by atoms with Gasteiger partial charge < -0.3 is 21.4 Å². The van der Waals surface area contributed by atoms with Crippen LogP contribution < -0.4 is 17.0 Å². The maximum absolute atomic E-state index is 12.9. The highest BCUT2D eigenvalue weighted by Crippen LogP contribution is 2.26. The van der Waals surface area contributed by atoms with Gasteiger partial charge in [-0.15, -0.1) is 0 Å². The zero-order chi connectivity index (χ0) is 17.3. The second-order valence-electron chi connectivity index (χ2n) is 5.67. The van der Waals surface area contributed by atoms with E-state index >= 15 is 0 Å². The van der Waals surface area contributed by atoms with E-state index < -0.39 is 0 Å². The Hall–Kier alpha value is -2.93. The third kappa shape index (κ3) is 2.39. The molecule has 1 aromatic carbocycles. The maximum atomic E-state index is 12.9. The number of rotatable bonds is 5. The number of aryl methyl sites for hydroxylation is 2. The van der Waals surface area contributed by atoms with Crippen LogP contribution in [0.1, 0.15) is 17.7 Å². The molecule has 0 spiro atoms. The van der Waals surface area contributed by atoms with Crippen molar-refractivity contribution in [3.63, 3.8) is 0 Å². The van der Waals surface area contributed by atoms with Crippen LogP contribution in [-0.4, -0.2) is 27.5 Å². The van der Waals surface area contributed by atoms with Crippen LogP contribution in [0.2, 0.25) is 0 Å². The molecule has 0 amide bonds. The highest BCUT2D eigenvalue weighted by atomic mass is 16.1. The molecule has 0 atom stereocenters. The fourth-order valence-electron chi connectivity index (χ4n) is 2.97. The Balaban J connectivity index is 2.41. The molecule has 0 aliphatic heterocycles. The van der Waals surface area contributed by atoms with Gasteiger partial charge in [-0.25, -0.2) is 0 Å². The largest absolute Gasteiger partial charge is 0.404 e. The zero-order valence-electron chi connectivity index (χ0n) is 13.5. The average molecular weight is 324 g/mol. The van der Waals surface area contributed by atoms with E-state index in [-0.39, 0.29) is 5.56 Å². The van der Waals surface area contributed by atoms with Crippen molar-refractivity contribution in [2.75, 3.05) is 6.54 Å². The number of nitrogens with one attached hydrogen (secondary N) is 2. The standard InChI is InChI=1S/C17H20N6O/c1-10-15-16(22-21-10)13-7-11(12(8-19)9-20)3-4-14(13)23(17(15)24)6-2-5-18/h3-4,7-9,19H,2,5-6,18,20H2,1H3,(H,21,22)/b12-9+,19-8?. The van der Waals surface area contributed by atoms with Crippen LogP contribution in [0.5, 0.6) is 0 Å². The second kappa shape index (κ2) is 6.29. The molecule has 2 heterocycles. The second-order valence-corrected chi connectivity index (χ2v) is 5.67. The smallest absolute Gasteiger partial charge is 0.262 e. The molecule has 3 aromatic rings. The van der Waals surface area contributed by atoms with E-state index in [2.05, 4.69) is 10.2 Å². The van der Waals surface area contributed by atoms with E-state index in [0.29, 0.717) is 36.0 Å². The molecule has 0 aliphatic carbocycles. The predicted molar refractivity (Wildman–Crippen MR) is 97.2 cm³/mol. The van der Waals surface area contributed by atoms with Gasteiger partial charge in [0.1, 0.15) is 5.52 Å². The quantitative estimate of drug-likeness (QED) is 0.530. The molecule has 0 saturated heterocycles. The third-order valence-electron chi connectivity index (χ3n) is 4.20. The topological polar surface area (TPSA) is 127 Å². The summed E-state index contributed by atoms with van der Waals surface area (Å²) in [6.45, 7) is 2.90. The Kier molecular flexibility index (Phi) is 4.18. The number of benzene rings is 1. The number of nitrogens with two attached hydrogens (primary N) is 2. The van der Waals surface area contributed by atoms with E-state index in [4.69, 9.17) is 16.9 Å². The summed E-state index contributed by atoms with van der Waals surface area (Å²) in [5.74, 6) is 0. The van der Waals surface area contributed by atoms with Crippen molar-refractivity contribution < 1.29 is 0 Å². The number of H-pyrrole nitrogens is 1. The number of aromatic amines is 1. The van der Waals surface area contributed by atoms with Gasteiger partial charge in [0.25, 0.3) is 5.56 Å². The van der Waals surface area contributed by atoms with Crippen molar-refractivity contribution >= 4 is 33.6 Å². The molecular weight excluding hydrogens is 304 g/mol. The lowest BCUT2D eigenvalue weighted by atomic mass is 10.0. The Labute approximate surface area is 138 Å². The fourth-order valence-corrected chi connectivity index (χ4v) is 2.97. The van der Waals surface area contributed by atoms with E-state index in [0.717, 1.165) is 22.2 Å². The first-order valence-corrected chi connectivity index (χ1v) is 7.76. The molecule has 0 saturated carbocycles. The van der Waals surface area contributed by atoms with Crippen molar-refractivity contribution in [3.8, 4) is 0 Å². The molecule has 6 N–H and O–H groups in total. The van der Waals surface area contributed by atoms with Crippen molar-refractivity contribution in [3.05, 3.63) is 46.0 Å². The lowest BCUT2D eigenvalue weighted by molar-refractivity contribution is 0.654. The number of aromatic nitrogens is 3. The van der Waals surface area contributed by atoms with Crippen LogP contribution in [0.25, 0.3) is 27.4 Å². The molecule has 0 unspecified atom stereocenters. The van der Waals surface area contributed by atoms with Crippen molar-refractivity contribution in [1.82, 2.24) is 14.8 Å². The van der Waals surface area contributed by atoms with E-state index in [1.807, 2.05) is 25.1 Å². The summed E-state index contributed by atoms with van der Waals surface area (Å²) in [4.78, 5) is 12.9. The number of pyridine rings is 1. The molecule has 7 heteroatoms. The Morgan fingerprint density at radius 1 is 1.46 bits per heavy atom. The Morgan fingerprint density at radius 2 is 2.25 bits per heavy atom. The molecule has 124 valence electrons. The minimum absolute atomic E-state index is 0.0633. The van der Waals surface area contributed by atoms with Crippen LogP contribution in [-0.2, 0) is 6.54 Å². The molecule has 0 radical (unpaired) electrons. The lowest BCUT2D eigenvalue weighted by Gasteiger charge is -2.12. The van der Waals surface area contributed by atoms with Gasteiger partial charge in [0, 0.05) is 35.6 Å². The first kappa shape index (κ1) is 15.9. The molecule has 24 heavy (non-hydrogen) atoms. The van der Waals surface area contributed by atoms with Crippen LogP contribution in [0.15, 0.2) is 29.2 Å². The number of allylic oxidation sites excluding steroid dienone is 1. The van der Waals surface area contributed by atoms with Crippen LogP contribution in [0.3, 0.4) is 0 Å². The molecule has 0 aliphatic rings. The third-order valence-corrected chi connectivity index (χ3v) is 4.20. The maximum Gasteiger partial charge on any atom is 0.262 e. The zero-order valence-corrected chi connectivity index (χ0v) is 13.5. The van der Waals surface area contributed by atoms with E-state index in [1.165, 1.54) is 12.4 Å².